The fraction of sp³-hybridized carbons (Fsp3) is 0.294. The standard InChI is InChI=1S/C17H20ClNO2/c1-2-14(19)10-13-6-4-8-16(18)17(13)21-11-12-5-3-7-15(20)9-12/h3-9,14,20H,2,10-11,19H2,1H3. The second-order valence-corrected chi connectivity index (χ2v) is 5.47. The van der Waals surface area contributed by atoms with Gasteiger partial charge >= 0.3 is 0 Å². The van der Waals surface area contributed by atoms with Crippen molar-refractivity contribution >= 4 is 11.6 Å². The van der Waals surface area contributed by atoms with Gasteiger partial charge in [0.25, 0.3) is 0 Å². The molecule has 0 aromatic heterocycles. The molecule has 1 unspecified atom stereocenters. The molecule has 0 saturated carbocycles. The number of phenols is 1. The Labute approximate surface area is 130 Å². The van der Waals surface area contributed by atoms with Crippen LogP contribution < -0.4 is 10.5 Å². The summed E-state index contributed by atoms with van der Waals surface area (Å²) in [4.78, 5) is 0. The van der Waals surface area contributed by atoms with Crippen LogP contribution in [-0.2, 0) is 13.0 Å². The second kappa shape index (κ2) is 7.34. The highest BCUT2D eigenvalue weighted by Gasteiger charge is 2.11. The molecule has 0 heterocycles. The van der Waals surface area contributed by atoms with Crippen LogP contribution in [0.1, 0.15) is 24.5 Å². The Morgan fingerprint density at radius 1 is 1.24 bits per heavy atom. The average molecular weight is 306 g/mol. The highest BCUT2D eigenvalue weighted by molar-refractivity contribution is 6.32. The van der Waals surface area contributed by atoms with Gasteiger partial charge in [0.2, 0.25) is 0 Å². The normalized spacial score (nSPS) is 12.1. The molecule has 2 aromatic carbocycles. The quantitative estimate of drug-likeness (QED) is 0.851. The lowest BCUT2D eigenvalue weighted by Gasteiger charge is -2.16. The van der Waals surface area contributed by atoms with Gasteiger partial charge in [-0.25, -0.2) is 0 Å². The molecule has 0 spiro atoms. The minimum Gasteiger partial charge on any atom is -0.508 e. The van der Waals surface area contributed by atoms with Gasteiger partial charge in [-0.2, -0.15) is 0 Å². The number of rotatable bonds is 6. The van der Waals surface area contributed by atoms with Crippen molar-refractivity contribution in [3.05, 3.63) is 58.6 Å². The van der Waals surface area contributed by atoms with Gasteiger partial charge in [0.05, 0.1) is 5.02 Å². The van der Waals surface area contributed by atoms with Gasteiger partial charge in [-0.1, -0.05) is 42.8 Å². The lowest BCUT2D eigenvalue weighted by Crippen LogP contribution is -2.21. The summed E-state index contributed by atoms with van der Waals surface area (Å²) < 4.78 is 5.86. The maximum Gasteiger partial charge on any atom is 0.141 e. The van der Waals surface area contributed by atoms with E-state index in [4.69, 9.17) is 22.1 Å². The van der Waals surface area contributed by atoms with Gasteiger partial charge in [0.1, 0.15) is 18.1 Å². The topological polar surface area (TPSA) is 55.5 Å². The van der Waals surface area contributed by atoms with Gasteiger partial charge in [-0.15, -0.1) is 0 Å². The summed E-state index contributed by atoms with van der Waals surface area (Å²) >= 11 is 6.24. The summed E-state index contributed by atoms with van der Waals surface area (Å²) in [7, 11) is 0. The predicted octanol–water partition coefficient (Wildman–Crippen LogP) is 3.90. The molecule has 3 nitrogen and oxygen atoms in total. The number of para-hydroxylation sites is 1. The van der Waals surface area contributed by atoms with Crippen molar-refractivity contribution in [2.45, 2.75) is 32.4 Å². The van der Waals surface area contributed by atoms with E-state index >= 15 is 0 Å². The minimum absolute atomic E-state index is 0.0894. The van der Waals surface area contributed by atoms with E-state index in [9.17, 15) is 5.11 Å². The van der Waals surface area contributed by atoms with Gasteiger partial charge in [-0.05, 0) is 42.2 Å². The molecule has 4 heteroatoms. The molecule has 0 aliphatic rings. The van der Waals surface area contributed by atoms with Crippen molar-refractivity contribution in [2.24, 2.45) is 5.73 Å². The smallest absolute Gasteiger partial charge is 0.141 e. The second-order valence-electron chi connectivity index (χ2n) is 5.06. The molecule has 0 aliphatic carbocycles. The first kappa shape index (κ1) is 15.7. The summed E-state index contributed by atoms with van der Waals surface area (Å²) in [5, 5.41) is 10.1. The lowest BCUT2D eigenvalue weighted by molar-refractivity contribution is 0.301. The molecule has 112 valence electrons. The van der Waals surface area contributed by atoms with Crippen molar-refractivity contribution in [1.29, 1.82) is 0 Å². The minimum atomic E-state index is 0.0894. The highest BCUT2D eigenvalue weighted by atomic mass is 35.5. The van der Waals surface area contributed by atoms with Crippen LogP contribution in [0.25, 0.3) is 0 Å². The van der Waals surface area contributed by atoms with Crippen LogP contribution in [-0.4, -0.2) is 11.1 Å². The zero-order valence-corrected chi connectivity index (χ0v) is 12.8. The summed E-state index contributed by atoms with van der Waals surface area (Å²) in [6.45, 7) is 2.41. The first-order valence-corrected chi connectivity index (χ1v) is 7.41. The van der Waals surface area contributed by atoms with Gasteiger partial charge in [0, 0.05) is 6.04 Å². The number of benzene rings is 2. The Hall–Kier alpha value is -1.71. The maximum absolute atomic E-state index is 9.47. The van der Waals surface area contributed by atoms with E-state index in [1.807, 2.05) is 18.2 Å². The Morgan fingerprint density at radius 2 is 2.00 bits per heavy atom. The fourth-order valence-electron chi connectivity index (χ4n) is 2.10. The van der Waals surface area contributed by atoms with Crippen molar-refractivity contribution in [1.82, 2.24) is 0 Å². The molecule has 0 fully saturated rings. The van der Waals surface area contributed by atoms with E-state index in [0.29, 0.717) is 17.4 Å². The Morgan fingerprint density at radius 3 is 2.71 bits per heavy atom. The molecule has 0 bridgehead atoms. The van der Waals surface area contributed by atoms with Gasteiger partial charge < -0.3 is 15.6 Å². The van der Waals surface area contributed by atoms with Crippen LogP contribution in [0.5, 0.6) is 11.5 Å². The summed E-state index contributed by atoms with van der Waals surface area (Å²) in [6.07, 6.45) is 1.63. The highest BCUT2D eigenvalue weighted by Crippen LogP contribution is 2.30. The molecule has 0 amide bonds. The van der Waals surface area contributed by atoms with E-state index in [1.165, 1.54) is 0 Å². The van der Waals surface area contributed by atoms with E-state index < -0.39 is 0 Å². The zero-order chi connectivity index (χ0) is 15.2. The third kappa shape index (κ3) is 4.38. The molecule has 0 radical (unpaired) electrons. The van der Waals surface area contributed by atoms with Crippen LogP contribution >= 0.6 is 11.6 Å². The first-order valence-electron chi connectivity index (χ1n) is 7.03. The summed E-state index contributed by atoms with van der Waals surface area (Å²) in [5.41, 5.74) is 7.92. The number of nitrogens with two attached hydrogens (primary N) is 1. The molecule has 2 aromatic rings. The Kier molecular flexibility index (Phi) is 5.48. The summed E-state index contributed by atoms with van der Waals surface area (Å²) in [5.74, 6) is 0.898. The first-order chi connectivity index (χ1) is 10.1. The van der Waals surface area contributed by atoms with Crippen molar-refractivity contribution < 1.29 is 9.84 Å². The van der Waals surface area contributed by atoms with Crippen LogP contribution in [0.4, 0.5) is 0 Å². The molecule has 3 N–H and O–H groups in total. The third-order valence-electron chi connectivity index (χ3n) is 3.35. The largest absolute Gasteiger partial charge is 0.508 e. The monoisotopic (exact) mass is 305 g/mol. The Balaban J connectivity index is 2.15. The van der Waals surface area contributed by atoms with Gasteiger partial charge in [-0.3, -0.25) is 0 Å². The molecular formula is C17H20ClNO2. The number of hydrogen-bond acceptors (Lipinski definition) is 3. The lowest BCUT2D eigenvalue weighted by atomic mass is 10.0. The zero-order valence-electron chi connectivity index (χ0n) is 12.1. The van der Waals surface area contributed by atoms with Crippen LogP contribution in [0, 0.1) is 0 Å². The van der Waals surface area contributed by atoms with Crippen molar-refractivity contribution in [2.75, 3.05) is 0 Å². The summed E-state index contributed by atoms with van der Waals surface area (Å²) in [6, 6.07) is 12.8. The SMILES string of the molecule is CCC(N)Cc1cccc(Cl)c1OCc1cccc(O)c1. The van der Waals surface area contributed by atoms with Crippen molar-refractivity contribution in [3.63, 3.8) is 0 Å². The predicted molar refractivity (Wildman–Crippen MR) is 85.9 cm³/mol. The molecule has 21 heavy (non-hydrogen) atoms. The van der Waals surface area contributed by atoms with E-state index in [0.717, 1.165) is 24.0 Å². The number of aromatic hydroxyl groups is 1. The molecule has 1 atom stereocenters. The fourth-order valence-corrected chi connectivity index (χ4v) is 2.35. The number of halogens is 1. The van der Waals surface area contributed by atoms with Crippen molar-refractivity contribution in [3.8, 4) is 11.5 Å². The Bertz CT molecular complexity index is 601. The maximum atomic E-state index is 9.47. The van der Waals surface area contributed by atoms with Crippen LogP contribution in [0.3, 0.4) is 0 Å². The van der Waals surface area contributed by atoms with Gasteiger partial charge in [0.15, 0.2) is 0 Å². The molecule has 2 rings (SSSR count). The molecular weight excluding hydrogens is 286 g/mol. The average Bonchev–Trinajstić information content (AvgIpc) is 2.46. The molecule has 0 saturated heterocycles. The number of ether oxygens (including phenoxy) is 1. The number of hydrogen-bond donors (Lipinski definition) is 2. The van der Waals surface area contributed by atoms with E-state index in [2.05, 4.69) is 6.92 Å². The van der Waals surface area contributed by atoms with Crippen LogP contribution in [0.15, 0.2) is 42.5 Å². The van der Waals surface area contributed by atoms with E-state index in [-0.39, 0.29) is 11.8 Å². The number of phenolic OH excluding ortho intramolecular Hbond substituents is 1. The molecule has 0 aliphatic heterocycles. The van der Waals surface area contributed by atoms with Crippen LogP contribution in [0.2, 0.25) is 5.02 Å². The third-order valence-corrected chi connectivity index (χ3v) is 3.65. The van der Waals surface area contributed by atoms with E-state index in [1.54, 1.807) is 24.3 Å².